The lowest BCUT2D eigenvalue weighted by Crippen LogP contribution is -2.36. The number of ether oxygens (including phenoxy) is 1. The van der Waals surface area contributed by atoms with Gasteiger partial charge in [-0.1, -0.05) is 24.3 Å². The third-order valence-corrected chi connectivity index (χ3v) is 3.56. The number of rotatable bonds is 7. The van der Waals surface area contributed by atoms with E-state index in [2.05, 4.69) is 15.6 Å². The lowest BCUT2D eigenvalue weighted by Gasteiger charge is -2.12. The molecule has 0 aliphatic rings. The maximum Gasteiger partial charge on any atom is 0.411 e. The lowest BCUT2D eigenvalue weighted by atomic mass is 10.1. The van der Waals surface area contributed by atoms with E-state index in [0.717, 1.165) is 11.1 Å². The number of alkyl halides is 3. The van der Waals surface area contributed by atoms with Crippen LogP contribution in [0.25, 0.3) is 0 Å². The molecule has 8 heteroatoms. The number of hydrogen-bond donors (Lipinski definition) is 2. The normalized spacial score (nSPS) is 12.3. The number of aryl methyl sites for hydroxylation is 1. The van der Waals surface area contributed by atoms with E-state index < -0.39 is 12.8 Å². The Morgan fingerprint density at radius 3 is 2.42 bits per heavy atom. The van der Waals surface area contributed by atoms with Crippen LogP contribution in [0.4, 0.5) is 13.2 Å². The minimum absolute atomic E-state index is 0.0751. The van der Waals surface area contributed by atoms with Gasteiger partial charge in [-0.05, 0) is 22.8 Å². The van der Waals surface area contributed by atoms with Crippen LogP contribution in [-0.2, 0) is 31.5 Å². The second-order valence-electron chi connectivity index (χ2n) is 5.89. The zero-order chi connectivity index (χ0) is 19.0. The predicted molar refractivity (Wildman–Crippen MR) is 94.6 cm³/mol. The van der Waals surface area contributed by atoms with Gasteiger partial charge >= 0.3 is 6.18 Å². The molecule has 0 spiro atoms. The van der Waals surface area contributed by atoms with Crippen molar-refractivity contribution in [2.75, 3.05) is 13.7 Å². The van der Waals surface area contributed by atoms with Crippen LogP contribution >= 0.6 is 0 Å². The van der Waals surface area contributed by atoms with Crippen LogP contribution in [0, 0.1) is 0 Å². The van der Waals surface area contributed by atoms with E-state index in [4.69, 9.17) is 4.74 Å². The molecule has 1 aromatic heterocycles. The largest absolute Gasteiger partial charge is 0.411 e. The molecular formula is C18H23F3N4O. The molecule has 0 aliphatic carbocycles. The highest BCUT2D eigenvalue weighted by atomic mass is 19.4. The van der Waals surface area contributed by atoms with Crippen LogP contribution in [0.3, 0.4) is 0 Å². The summed E-state index contributed by atoms with van der Waals surface area (Å²) < 4.78 is 43.0. The second kappa shape index (κ2) is 9.28. The van der Waals surface area contributed by atoms with Crippen molar-refractivity contribution in [2.45, 2.75) is 25.9 Å². The van der Waals surface area contributed by atoms with Crippen molar-refractivity contribution in [3.8, 4) is 0 Å². The third kappa shape index (κ3) is 7.18. The molecule has 0 aliphatic heterocycles. The van der Waals surface area contributed by atoms with E-state index in [0.29, 0.717) is 24.6 Å². The molecule has 0 saturated carbocycles. The fourth-order valence-corrected chi connectivity index (χ4v) is 2.37. The van der Waals surface area contributed by atoms with Crippen molar-refractivity contribution in [3.63, 3.8) is 0 Å². The Kier molecular flexibility index (Phi) is 7.08. The van der Waals surface area contributed by atoms with Gasteiger partial charge in [0.2, 0.25) is 0 Å². The molecule has 2 rings (SSSR count). The molecule has 0 unspecified atom stereocenters. The standard InChI is InChI=1S/C18H23F3N4O/c1-22-17(24-10-16-6-7-25(2)11-16)23-9-14-4-3-5-15(8-14)12-26-13-18(19,20)21/h3-8,11H,9-10,12-13H2,1-2H3,(H2,22,23,24). The lowest BCUT2D eigenvalue weighted by molar-refractivity contribution is -0.176. The average Bonchev–Trinajstić information content (AvgIpc) is 3.00. The van der Waals surface area contributed by atoms with Gasteiger partial charge in [-0.25, -0.2) is 0 Å². The molecule has 0 atom stereocenters. The summed E-state index contributed by atoms with van der Waals surface area (Å²) in [5, 5.41) is 6.39. The van der Waals surface area contributed by atoms with Gasteiger partial charge < -0.3 is 19.9 Å². The molecule has 0 bridgehead atoms. The number of halogens is 3. The van der Waals surface area contributed by atoms with Crippen molar-refractivity contribution in [1.29, 1.82) is 0 Å². The molecule has 5 nitrogen and oxygen atoms in total. The van der Waals surface area contributed by atoms with Gasteiger partial charge in [-0.15, -0.1) is 0 Å². The molecule has 26 heavy (non-hydrogen) atoms. The summed E-state index contributed by atoms with van der Waals surface area (Å²) in [5.74, 6) is 0.646. The Morgan fingerprint density at radius 1 is 1.12 bits per heavy atom. The number of nitrogens with one attached hydrogen (secondary N) is 2. The molecule has 0 radical (unpaired) electrons. The van der Waals surface area contributed by atoms with Crippen LogP contribution in [-0.4, -0.2) is 30.4 Å². The Morgan fingerprint density at radius 2 is 1.81 bits per heavy atom. The first-order valence-electron chi connectivity index (χ1n) is 8.13. The van der Waals surface area contributed by atoms with E-state index in [1.165, 1.54) is 0 Å². The quantitative estimate of drug-likeness (QED) is 0.584. The third-order valence-electron chi connectivity index (χ3n) is 3.56. The first-order chi connectivity index (χ1) is 12.4. The van der Waals surface area contributed by atoms with Crippen LogP contribution in [0.1, 0.15) is 16.7 Å². The molecule has 142 valence electrons. The van der Waals surface area contributed by atoms with Crippen molar-refractivity contribution >= 4 is 5.96 Å². The van der Waals surface area contributed by atoms with E-state index in [1.807, 2.05) is 42.2 Å². The van der Waals surface area contributed by atoms with Gasteiger partial charge in [0.1, 0.15) is 6.61 Å². The molecule has 1 heterocycles. The van der Waals surface area contributed by atoms with E-state index >= 15 is 0 Å². The number of hydrogen-bond acceptors (Lipinski definition) is 2. The molecule has 2 N–H and O–H groups in total. The Balaban J connectivity index is 1.80. The van der Waals surface area contributed by atoms with Crippen LogP contribution in [0.5, 0.6) is 0 Å². The number of nitrogens with zero attached hydrogens (tertiary/aromatic N) is 2. The molecular weight excluding hydrogens is 345 g/mol. The fraction of sp³-hybridized carbons (Fsp3) is 0.389. The number of aliphatic imine (C=N–C) groups is 1. The molecule has 1 aromatic carbocycles. The SMILES string of the molecule is CN=C(NCc1cccc(COCC(F)(F)F)c1)NCc1ccn(C)c1. The summed E-state index contributed by atoms with van der Waals surface area (Å²) in [6, 6.07) is 9.26. The molecule has 0 amide bonds. The molecule has 2 aromatic rings. The Hall–Kier alpha value is -2.48. The van der Waals surface area contributed by atoms with Gasteiger partial charge in [0.05, 0.1) is 6.61 Å². The minimum Gasteiger partial charge on any atom is -0.367 e. The minimum atomic E-state index is -4.31. The zero-order valence-corrected chi connectivity index (χ0v) is 14.8. The second-order valence-corrected chi connectivity index (χ2v) is 5.89. The summed E-state index contributed by atoms with van der Waals surface area (Å²) in [4.78, 5) is 4.16. The van der Waals surface area contributed by atoms with Crippen molar-refractivity contribution in [2.24, 2.45) is 12.0 Å². The zero-order valence-electron chi connectivity index (χ0n) is 14.8. The first-order valence-corrected chi connectivity index (χ1v) is 8.13. The van der Waals surface area contributed by atoms with Gasteiger partial charge in [-0.3, -0.25) is 4.99 Å². The van der Waals surface area contributed by atoms with Gasteiger partial charge in [0, 0.05) is 39.6 Å². The van der Waals surface area contributed by atoms with E-state index in [1.54, 1.807) is 19.2 Å². The number of guanidine groups is 1. The topological polar surface area (TPSA) is 50.6 Å². The number of aromatic nitrogens is 1. The van der Waals surface area contributed by atoms with Crippen molar-refractivity contribution in [1.82, 2.24) is 15.2 Å². The Bertz CT molecular complexity index is 725. The Labute approximate surface area is 150 Å². The fourth-order valence-electron chi connectivity index (χ4n) is 2.37. The van der Waals surface area contributed by atoms with Gasteiger partial charge in [-0.2, -0.15) is 13.2 Å². The summed E-state index contributed by atoms with van der Waals surface area (Å²) in [6.45, 7) is -0.173. The van der Waals surface area contributed by atoms with Crippen LogP contribution in [0.15, 0.2) is 47.7 Å². The van der Waals surface area contributed by atoms with Crippen LogP contribution in [0.2, 0.25) is 0 Å². The van der Waals surface area contributed by atoms with E-state index in [9.17, 15) is 13.2 Å². The maximum absolute atomic E-state index is 12.1. The van der Waals surface area contributed by atoms with E-state index in [-0.39, 0.29) is 6.61 Å². The summed E-state index contributed by atoms with van der Waals surface area (Å²) >= 11 is 0. The van der Waals surface area contributed by atoms with Crippen LogP contribution < -0.4 is 10.6 Å². The van der Waals surface area contributed by atoms with Gasteiger partial charge in [0.25, 0.3) is 0 Å². The van der Waals surface area contributed by atoms with Crippen molar-refractivity contribution in [3.05, 3.63) is 59.4 Å². The molecule has 0 saturated heterocycles. The summed E-state index contributed by atoms with van der Waals surface area (Å²) in [7, 11) is 3.64. The smallest absolute Gasteiger partial charge is 0.367 e. The molecule has 0 fully saturated rings. The highest BCUT2D eigenvalue weighted by molar-refractivity contribution is 5.79. The highest BCUT2D eigenvalue weighted by Crippen LogP contribution is 2.16. The first kappa shape index (κ1) is 19.8. The number of benzene rings is 1. The maximum atomic E-state index is 12.1. The van der Waals surface area contributed by atoms with Crippen molar-refractivity contribution < 1.29 is 17.9 Å². The predicted octanol–water partition coefficient (Wildman–Crippen LogP) is 2.97. The monoisotopic (exact) mass is 368 g/mol. The highest BCUT2D eigenvalue weighted by Gasteiger charge is 2.27. The summed E-state index contributed by atoms with van der Waals surface area (Å²) in [5.41, 5.74) is 2.76. The average molecular weight is 368 g/mol. The van der Waals surface area contributed by atoms with Gasteiger partial charge in [0.15, 0.2) is 5.96 Å². The summed E-state index contributed by atoms with van der Waals surface area (Å²) in [6.07, 6.45) is -0.319.